The van der Waals surface area contributed by atoms with E-state index in [2.05, 4.69) is 15.5 Å². The summed E-state index contributed by atoms with van der Waals surface area (Å²) in [6.07, 6.45) is 0.851. The number of carbonyl (C=O) groups is 1. The standard InChI is InChI=1S/C23H19F2N3O2S/c1-26-19-5-3-13(9-17(19)24)16-11-21(23(29)28-15-7-8-27-12-15)31-22(16)14-4-6-20(30-2)18(25)10-14/h3-6,9-11,15,27H,7-8,12H2,2H3,(H,28,29)/t15-/m1/s1. The van der Waals surface area contributed by atoms with Gasteiger partial charge in [-0.05, 0) is 54.4 Å². The number of rotatable bonds is 5. The molecule has 31 heavy (non-hydrogen) atoms. The van der Waals surface area contributed by atoms with E-state index in [0.717, 1.165) is 13.0 Å². The molecule has 1 saturated heterocycles. The first-order valence-corrected chi connectivity index (χ1v) is 10.5. The number of thiophene rings is 1. The lowest BCUT2D eigenvalue weighted by atomic mass is 10.0. The predicted octanol–water partition coefficient (Wildman–Crippen LogP) is 5.01. The Balaban J connectivity index is 1.78. The highest BCUT2D eigenvalue weighted by Crippen LogP contribution is 2.41. The molecule has 2 heterocycles. The van der Waals surface area contributed by atoms with Crippen LogP contribution in [0.15, 0.2) is 42.5 Å². The predicted molar refractivity (Wildman–Crippen MR) is 117 cm³/mol. The third-order valence-electron chi connectivity index (χ3n) is 5.14. The molecule has 0 aliphatic carbocycles. The summed E-state index contributed by atoms with van der Waals surface area (Å²) in [5.74, 6) is -1.29. The molecule has 0 radical (unpaired) electrons. The van der Waals surface area contributed by atoms with Gasteiger partial charge in [-0.1, -0.05) is 12.1 Å². The number of nitrogens with zero attached hydrogens (tertiary/aromatic N) is 1. The Kier molecular flexibility index (Phi) is 5.98. The van der Waals surface area contributed by atoms with Crippen molar-refractivity contribution in [1.82, 2.24) is 10.6 Å². The number of halogens is 2. The molecule has 158 valence electrons. The Bertz CT molecular complexity index is 1180. The molecule has 2 N–H and O–H groups in total. The molecule has 1 amide bonds. The van der Waals surface area contributed by atoms with Gasteiger partial charge in [0.1, 0.15) is 5.82 Å². The van der Waals surface area contributed by atoms with Gasteiger partial charge in [0, 0.05) is 23.0 Å². The SMILES string of the molecule is [C-]#[N+]c1ccc(-c2cc(C(=O)N[C@@H]3CCNC3)sc2-c2ccc(OC)c(F)c2)cc1F. The minimum atomic E-state index is -0.645. The normalized spacial score (nSPS) is 15.5. The molecule has 1 aliphatic heterocycles. The largest absolute Gasteiger partial charge is 0.494 e. The average molecular weight is 439 g/mol. The quantitative estimate of drug-likeness (QED) is 0.550. The highest BCUT2D eigenvalue weighted by atomic mass is 32.1. The summed E-state index contributed by atoms with van der Waals surface area (Å²) in [4.78, 5) is 17.1. The van der Waals surface area contributed by atoms with Crippen molar-refractivity contribution in [3.63, 3.8) is 0 Å². The van der Waals surface area contributed by atoms with Crippen LogP contribution in [0.2, 0.25) is 0 Å². The topological polar surface area (TPSA) is 54.7 Å². The van der Waals surface area contributed by atoms with Crippen LogP contribution in [0.4, 0.5) is 14.5 Å². The molecule has 1 fully saturated rings. The third kappa shape index (κ3) is 4.29. The Hall–Kier alpha value is -3.28. The van der Waals surface area contributed by atoms with Crippen LogP contribution in [-0.2, 0) is 0 Å². The van der Waals surface area contributed by atoms with E-state index in [4.69, 9.17) is 11.3 Å². The Morgan fingerprint density at radius 2 is 1.97 bits per heavy atom. The van der Waals surface area contributed by atoms with Crippen molar-refractivity contribution in [3.8, 4) is 27.3 Å². The third-order valence-corrected chi connectivity index (χ3v) is 6.33. The van der Waals surface area contributed by atoms with Crippen LogP contribution in [0.1, 0.15) is 16.1 Å². The molecule has 0 spiro atoms. The zero-order chi connectivity index (χ0) is 22.0. The molecule has 5 nitrogen and oxygen atoms in total. The van der Waals surface area contributed by atoms with Gasteiger partial charge in [0.2, 0.25) is 5.69 Å². The van der Waals surface area contributed by atoms with E-state index in [0.29, 0.717) is 33.0 Å². The van der Waals surface area contributed by atoms with Gasteiger partial charge in [0.05, 0.1) is 18.6 Å². The zero-order valence-electron chi connectivity index (χ0n) is 16.7. The maximum Gasteiger partial charge on any atom is 0.261 e. The van der Waals surface area contributed by atoms with E-state index >= 15 is 0 Å². The van der Waals surface area contributed by atoms with E-state index in [-0.39, 0.29) is 23.4 Å². The summed E-state index contributed by atoms with van der Waals surface area (Å²) in [6.45, 7) is 8.60. The minimum Gasteiger partial charge on any atom is -0.494 e. The van der Waals surface area contributed by atoms with Crippen molar-refractivity contribution in [2.75, 3.05) is 20.2 Å². The Labute approximate surface area is 182 Å². The lowest BCUT2D eigenvalue weighted by molar-refractivity contribution is 0.0944. The summed E-state index contributed by atoms with van der Waals surface area (Å²) in [7, 11) is 1.39. The lowest BCUT2D eigenvalue weighted by Gasteiger charge is -2.09. The van der Waals surface area contributed by atoms with Crippen LogP contribution in [-0.4, -0.2) is 32.1 Å². The Morgan fingerprint density at radius 3 is 2.61 bits per heavy atom. The van der Waals surface area contributed by atoms with E-state index in [1.165, 1.54) is 42.7 Å². The van der Waals surface area contributed by atoms with Crippen LogP contribution >= 0.6 is 11.3 Å². The van der Waals surface area contributed by atoms with E-state index in [1.54, 1.807) is 18.2 Å². The lowest BCUT2D eigenvalue weighted by Crippen LogP contribution is -2.35. The highest BCUT2D eigenvalue weighted by molar-refractivity contribution is 7.18. The van der Waals surface area contributed by atoms with Gasteiger partial charge in [-0.3, -0.25) is 4.79 Å². The summed E-state index contributed by atoms with van der Waals surface area (Å²) < 4.78 is 33.7. The summed E-state index contributed by atoms with van der Waals surface area (Å²) >= 11 is 1.21. The second-order valence-corrected chi connectivity index (χ2v) is 8.20. The van der Waals surface area contributed by atoms with Crippen LogP contribution in [0.3, 0.4) is 0 Å². The number of amides is 1. The number of hydrogen-bond donors (Lipinski definition) is 2. The van der Waals surface area contributed by atoms with Gasteiger partial charge in [0.25, 0.3) is 5.91 Å². The monoisotopic (exact) mass is 439 g/mol. The average Bonchev–Trinajstić information content (AvgIpc) is 3.43. The van der Waals surface area contributed by atoms with Crippen molar-refractivity contribution in [3.05, 3.63) is 70.4 Å². The van der Waals surface area contributed by atoms with Crippen molar-refractivity contribution in [2.45, 2.75) is 12.5 Å². The molecule has 3 aromatic rings. The van der Waals surface area contributed by atoms with Gasteiger partial charge in [-0.15, -0.1) is 11.3 Å². The molecule has 0 unspecified atom stereocenters. The fourth-order valence-electron chi connectivity index (χ4n) is 3.54. The summed E-state index contributed by atoms with van der Waals surface area (Å²) in [5.41, 5.74) is 1.57. The van der Waals surface area contributed by atoms with Gasteiger partial charge < -0.3 is 15.4 Å². The van der Waals surface area contributed by atoms with Gasteiger partial charge in [-0.2, -0.15) is 0 Å². The number of methoxy groups -OCH3 is 1. The van der Waals surface area contributed by atoms with Gasteiger partial charge >= 0.3 is 0 Å². The number of hydrogen-bond acceptors (Lipinski definition) is 4. The van der Waals surface area contributed by atoms with Crippen molar-refractivity contribution in [2.24, 2.45) is 0 Å². The zero-order valence-corrected chi connectivity index (χ0v) is 17.5. The van der Waals surface area contributed by atoms with Gasteiger partial charge in [-0.25, -0.2) is 13.6 Å². The molecular formula is C23H19F2N3O2S. The molecule has 0 saturated carbocycles. The van der Waals surface area contributed by atoms with Crippen molar-refractivity contribution < 1.29 is 18.3 Å². The second kappa shape index (κ2) is 8.84. The fraction of sp³-hybridized carbons (Fsp3) is 0.217. The first-order chi connectivity index (χ1) is 15.0. The van der Waals surface area contributed by atoms with Gasteiger partial charge in [0.15, 0.2) is 11.6 Å². The minimum absolute atomic E-state index is 0.0512. The molecule has 1 aromatic heterocycles. The first-order valence-electron chi connectivity index (χ1n) is 9.67. The van der Waals surface area contributed by atoms with Crippen LogP contribution in [0, 0.1) is 18.2 Å². The molecule has 8 heteroatoms. The number of ether oxygens (including phenoxy) is 1. The highest BCUT2D eigenvalue weighted by Gasteiger charge is 2.22. The molecular weight excluding hydrogens is 420 g/mol. The smallest absolute Gasteiger partial charge is 0.261 e. The Morgan fingerprint density at radius 1 is 1.19 bits per heavy atom. The van der Waals surface area contributed by atoms with Crippen molar-refractivity contribution >= 4 is 22.9 Å². The second-order valence-electron chi connectivity index (χ2n) is 7.14. The first kappa shape index (κ1) is 21.0. The maximum atomic E-state index is 14.4. The van der Waals surface area contributed by atoms with E-state index < -0.39 is 11.6 Å². The number of nitrogens with one attached hydrogen (secondary N) is 2. The van der Waals surface area contributed by atoms with Crippen LogP contribution in [0.25, 0.3) is 26.4 Å². The van der Waals surface area contributed by atoms with E-state index in [9.17, 15) is 13.6 Å². The van der Waals surface area contributed by atoms with Crippen LogP contribution in [0.5, 0.6) is 5.75 Å². The summed E-state index contributed by atoms with van der Waals surface area (Å²) in [6, 6.07) is 10.6. The van der Waals surface area contributed by atoms with E-state index in [1.807, 2.05) is 0 Å². The molecule has 1 aliphatic rings. The molecule has 2 aromatic carbocycles. The van der Waals surface area contributed by atoms with Crippen molar-refractivity contribution in [1.29, 1.82) is 0 Å². The summed E-state index contributed by atoms with van der Waals surface area (Å²) in [5, 5.41) is 6.20. The molecule has 1 atom stereocenters. The van der Waals surface area contributed by atoms with Crippen LogP contribution < -0.4 is 15.4 Å². The fourth-order valence-corrected chi connectivity index (χ4v) is 4.62. The number of carbonyl (C=O) groups excluding carboxylic acids is 1. The number of benzene rings is 2. The maximum absolute atomic E-state index is 14.4. The molecule has 4 rings (SSSR count). The molecule has 0 bridgehead atoms.